The molecule has 0 radical (unpaired) electrons. The highest BCUT2D eigenvalue weighted by molar-refractivity contribution is 6.01. The zero-order chi connectivity index (χ0) is 28.1. The van der Waals surface area contributed by atoms with Gasteiger partial charge in [0.2, 0.25) is 5.91 Å². The van der Waals surface area contributed by atoms with Crippen molar-refractivity contribution in [2.45, 2.75) is 24.9 Å². The molecule has 2 atom stereocenters. The summed E-state index contributed by atoms with van der Waals surface area (Å²) < 4.78 is 19.0. The standard InChI is InChI=1S/C32H37FN4O3/c1-35-18-20-36(21-19-35)17-5-16-34-31(38)29-27-6-3-4-7-28(27)32(39)37(22-23-8-12-25(33)13-9-23)30(29)24-10-14-26(40-2)15-11-24/h3-4,6-15,29-30H,5,16-22H2,1-2H3,(H,34,38)/t29-,30-/m1/s1. The highest BCUT2D eigenvalue weighted by atomic mass is 19.1. The normalized spacial score (nSPS) is 19.8. The molecule has 1 fully saturated rings. The molecule has 2 aliphatic rings. The molecular weight excluding hydrogens is 507 g/mol. The lowest BCUT2D eigenvalue weighted by molar-refractivity contribution is -0.124. The first kappa shape index (κ1) is 27.8. The predicted octanol–water partition coefficient (Wildman–Crippen LogP) is 4.07. The van der Waals surface area contributed by atoms with Crippen molar-refractivity contribution in [2.75, 3.05) is 53.4 Å². The molecule has 5 rings (SSSR count). The van der Waals surface area contributed by atoms with Crippen molar-refractivity contribution >= 4 is 11.8 Å². The van der Waals surface area contributed by atoms with Crippen LogP contribution in [0.25, 0.3) is 0 Å². The molecule has 2 aliphatic heterocycles. The number of rotatable bonds is 9. The zero-order valence-corrected chi connectivity index (χ0v) is 23.2. The van der Waals surface area contributed by atoms with E-state index in [0.29, 0.717) is 17.9 Å². The van der Waals surface area contributed by atoms with E-state index in [1.165, 1.54) is 12.1 Å². The number of piperazine rings is 1. The van der Waals surface area contributed by atoms with Gasteiger partial charge in [-0.25, -0.2) is 4.39 Å². The topological polar surface area (TPSA) is 65.1 Å². The van der Waals surface area contributed by atoms with E-state index in [-0.39, 0.29) is 24.2 Å². The van der Waals surface area contributed by atoms with Gasteiger partial charge in [0.25, 0.3) is 5.91 Å². The lowest BCUT2D eigenvalue weighted by atomic mass is 9.79. The fourth-order valence-corrected chi connectivity index (χ4v) is 5.70. The van der Waals surface area contributed by atoms with Gasteiger partial charge in [0.15, 0.2) is 0 Å². The highest BCUT2D eigenvalue weighted by Crippen LogP contribution is 2.44. The molecule has 3 aromatic rings. The molecule has 0 aromatic heterocycles. The van der Waals surface area contributed by atoms with E-state index in [4.69, 9.17) is 4.74 Å². The summed E-state index contributed by atoms with van der Waals surface area (Å²) >= 11 is 0. The van der Waals surface area contributed by atoms with Crippen molar-refractivity contribution in [3.63, 3.8) is 0 Å². The SMILES string of the molecule is COc1ccc([C@@H]2[C@H](C(=O)NCCCN3CCN(C)CC3)c3ccccc3C(=O)N2Cc2ccc(F)cc2)cc1. The summed E-state index contributed by atoms with van der Waals surface area (Å²) in [5, 5.41) is 3.18. The average Bonchev–Trinajstić information content (AvgIpc) is 2.98. The number of likely N-dealkylation sites (N-methyl/N-ethyl adjacent to an activating group) is 1. The smallest absolute Gasteiger partial charge is 0.255 e. The second-order valence-electron chi connectivity index (χ2n) is 10.6. The van der Waals surface area contributed by atoms with Crippen molar-refractivity contribution < 1.29 is 18.7 Å². The third-order valence-electron chi connectivity index (χ3n) is 7.99. The first-order valence-electron chi connectivity index (χ1n) is 13.9. The quantitative estimate of drug-likeness (QED) is 0.412. The van der Waals surface area contributed by atoms with E-state index >= 15 is 0 Å². The van der Waals surface area contributed by atoms with Gasteiger partial charge in [-0.15, -0.1) is 0 Å². The number of methoxy groups -OCH3 is 1. The molecule has 2 heterocycles. The Bertz CT molecular complexity index is 1310. The molecule has 2 amide bonds. The van der Waals surface area contributed by atoms with Crippen LogP contribution in [0.15, 0.2) is 72.8 Å². The Hall–Kier alpha value is -3.75. The number of hydrogen-bond acceptors (Lipinski definition) is 5. The number of fused-ring (bicyclic) bond motifs is 1. The van der Waals surface area contributed by atoms with Crippen LogP contribution in [0.1, 0.15) is 45.4 Å². The molecule has 1 N–H and O–H groups in total. The number of ether oxygens (including phenoxy) is 1. The van der Waals surface area contributed by atoms with Crippen LogP contribution in [-0.2, 0) is 11.3 Å². The van der Waals surface area contributed by atoms with Gasteiger partial charge in [0.1, 0.15) is 11.6 Å². The van der Waals surface area contributed by atoms with E-state index in [9.17, 15) is 14.0 Å². The fraction of sp³-hybridized carbons (Fsp3) is 0.375. The molecule has 0 spiro atoms. The Labute approximate surface area is 235 Å². The maximum Gasteiger partial charge on any atom is 0.255 e. The molecular formula is C32H37FN4O3. The summed E-state index contributed by atoms with van der Waals surface area (Å²) in [5.41, 5.74) is 2.87. The number of nitrogens with zero attached hydrogens (tertiary/aromatic N) is 3. The highest BCUT2D eigenvalue weighted by Gasteiger charge is 2.44. The summed E-state index contributed by atoms with van der Waals surface area (Å²) in [6.45, 7) is 5.95. The van der Waals surface area contributed by atoms with Gasteiger partial charge < -0.3 is 24.8 Å². The molecule has 40 heavy (non-hydrogen) atoms. The van der Waals surface area contributed by atoms with Crippen LogP contribution in [0.5, 0.6) is 5.75 Å². The third kappa shape index (κ3) is 6.18. The molecule has 0 bridgehead atoms. The van der Waals surface area contributed by atoms with Gasteiger partial charge in [0, 0.05) is 44.8 Å². The average molecular weight is 545 g/mol. The molecule has 0 unspecified atom stereocenters. The monoisotopic (exact) mass is 544 g/mol. The zero-order valence-electron chi connectivity index (χ0n) is 23.2. The number of halogens is 1. The summed E-state index contributed by atoms with van der Waals surface area (Å²) in [6.07, 6.45) is 0.856. The lowest BCUT2D eigenvalue weighted by Crippen LogP contribution is -2.47. The number of hydrogen-bond donors (Lipinski definition) is 1. The first-order valence-corrected chi connectivity index (χ1v) is 13.9. The van der Waals surface area contributed by atoms with Gasteiger partial charge in [0.05, 0.1) is 19.1 Å². The Morgan fingerprint density at radius 1 is 0.975 bits per heavy atom. The summed E-state index contributed by atoms with van der Waals surface area (Å²) in [6, 6.07) is 20.5. The van der Waals surface area contributed by atoms with Crippen molar-refractivity contribution in [1.82, 2.24) is 20.0 Å². The van der Waals surface area contributed by atoms with Gasteiger partial charge in [-0.1, -0.05) is 42.5 Å². The summed E-state index contributed by atoms with van der Waals surface area (Å²) in [7, 11) is 3.75. The van der Waals surface area contributed by atoms with Crippen LogP contribution in [0, 0.1) is 5.82 Å². The molecule has 0 aliphatic carbocycles. The third-order valence-corrected chi connectivity index (χ3v) is 7.99. The van der Waals surface area contributed by atoms with Gasteiger partial charge in [-0.3, -0.25) is 9.59 Å². The van der Waals surface area contributed by atoms with Crippen LogP contribution < -0.4 is 10.1 Å². The number of carbonyl (C=O) groups is 2. The van der Waals surface area contributed by atoms with E-state index in [1.54, 1.807) is 30.2 Å². The van der Waals surface area contributed by atoms with E-state index < -0.39 is 12.0 Å². The van der Waals surface area contributed by atoms with Gasteiger partial charge in [-0.2, -0.15) is 0 Å². The second-order valence-corrected chi connectivity index (χ2v) is 10.6. The minimum atomic E-state index is -0.605. The number of nitrogens with one attached hydrogen (secondary N) is 1. The van der Waals surface area contributed by atoms with Gasteiger partial charge >= 0.3 is 0 Å². The number of amides is 2. The Morgan fingerprint density at radius 2 is 1.68 bits per heavy atom. The Morgan fingerprint density at radius 3 is 2.38 bits per heavy atom. The fourth-order valence-electron chi connectivity index (χ4n) is 5.70. The molecule has 3 aromatic carbocycles. The van der Waals surface area contributed by atoms with E-state index in [2.05, 4.69) is 22.2 Å². The second kappa shape index (κ2) is 12.6. The minimum absolute atomic E-state index is 0.108. The molecule has 0 saturated carbocycles. The lowest BCUT2D eigenvalue weighted by Gasteiger charge is -2.42. The van der Waals surface area contributed by atoms with Crippen LogP contribution >= 0.6 is 0 Å². The van der Waals surface area contributed by atoms with Crippen molar-refractivity contribution in [3.8, 4) is 5.75 Å². The summed E-state index contributed by atoms with van der Waals surface area (Å²) in [5.74, 6) is -0.504. The predicted molar refractivity (Wildman–Crippen MR) is 153 cm³/mol. The van der Waals surface area contributed by atoms with Crippen molar-refractivity contribution in [3.05, 3.63) is 101 Å². The summed E-state index contributed by atoms with van der Waals surface area (Å²) in [4.78, 5) is 34.4. The maximum absolute atomic E-state index is 14.0. The molecule has 7 nitrogen and oxygen atoms in total. The van der Waals surface area contributed by atoms with E-state index in [0.717, 1.165) is 55.8 Å². The number of carbonyl (C=O) groups excluding carboxylic acids is 2. The molecule has 210 valence electrons. The largest absolute Gasteiger partial charge is 0.497 e. The van der Waals surface area contributed by atoms with Crippen LogP contribution in [0.2, 0.25) is 0 Å². The number of benzene rings is 3. The first-order chi connectivity index (χ1) is 19.4. The Balaban J connectivity index is 1.43. The Kier molecular flexibility index (Phi) is 8.77. The maximum atomic E-state index is 14.0. The van der Waals surface area contributed by atoms with Crippen molar-refractivity contribution in [2.24, 2.45) is 0 Å². The molecule has 8 heteroatoms. The molecule has 1 saturated heterocycles. The van der Waals surface area contributed by atoms with Crippen LogP contribution in [0.3, 0.4) is 0 Å². The van der Waals surface area contributed by atoms with Crippen LogP contribution in [-0.4, -0.2) is 79.9 Å². The van der Waals surface area contributed by atoms with E-state index in [1.807, 2.05) is 42.5 Å². The van der Waals surface area contributed by atoms with Gasteiger partial charge in [-0.05, 0) is 67.0 Å². The minimum Gasteiger partial charge on any atom is -0.497 e. The van der Waals surface area contributed by atoms with Crippen molar-refractivity contribution in [1.29, 1.82) is 0 Å². The van der Waals surface area contributed by atoms with Crippen LogP contribution in [0.4, 0.5) is 4.39 Å².